The van der Waals surface area contributed by atoms with Crippen LogP contribution in [0.5, 0.6) is 0 Å². The van der Waals surface area contributed by atoms with Gasteiger partial charge in [0.15, 0.2) is 5.82 Å². The van der Waals surface area contributed by atoms with Crippen molar-refractivity contribution >= 4 is 17.4 Å². The van der Waals surface area contributed by atoms with Gasteiger partial charge in [0.25, 0.3) is 0 Å². The monoisotopic (exact) mass is 355 g/mol. The largest absolute Gasteiger partial charge is 0.389 e. The van der Waals surface area contributed by atoms with Gasteiger partial charge in [-0.15, -0.1) is 0 Å². The quantitative estimate of drug-likeness (QED) is 0.664. The Labute approximate surface area is 152 Å². The normalized spacial score (nSPS) is 24.5. The number of benzene rings is 1. The Morgan fingerprint density at radius 2 is 2.19 bits per heavy atom. The lowest BCUT2D eigenvalue weighted by Gasteiger charge is -2.22. The van der Waals surface area contributed by atoms with Crippen LogP contribution in [-0.4, -0.2) is 45.5 Å². The van der Waals surface area contributed by atoms with Gasteiger partial charge in [-0.1, -0.05) is 18.2 Å². The van der Waals surface area contributed by atoms with Crippen molar-refractivity contribution < 1.29 is 9.90 Å². The number of carbonyl (C=O) groups is 1. The van der Waals surface area contributed by atoms with Crippen LogP contribution in [0.2, 0.25) is 0 Å². The first-order valence-corrected chi connectivity index (χ1v) is 8.98. The summed E-state index contributed by atoms with van der Waals surface area (Å²) in [5.41, 5.74) is 1.58. The summed E-state index contributed by atoms with van der Waals surface area (Å²) in [6.07, 6.45) is 2.52. The van der Waals surface area contributed by atoms with Crippen LogP contribution in [0.4, 0.5) is 11.5 Å². The van der Waals surface area contributed by atoms with Crippen LogP contribution < -0.4 is 16.0 Å². The van der Waals surface area contributed by atoms with E-state index in [1.807, 2.05) is 6.07 Å². The third-order valence-electron chi connectivity index (χ3n) is 5.15. The Morgan fingerprint density at radius 3 is 3.00 bits per heavy atom. The van der Waals surface area contributed by atoms with Crippen LogP contribution in [0, 0.1) is 0 Å². The number of rotatable bonds is 4. The Kier molecular flexibility index (Phi) is 4.00. The van der Waals surface area contributed by atoms with E-state index in [-0.39, 0.29) is 17.4 Å². The molecule has 1 aromatic heterocycles. The standard InChI is InChI=1S/C19H25N5O2/c1-18(2,26)12-24-8-7-16(23-24)22-17(25)15-9-19(11-21-15)10-20-14-6-4-3-5-13(14)19/h3-8,15,20-21,26H,9-12H2,1-2H3,(H,22,23,25). The number of aromatic nitrogens is 2. The molecule has 1 amide bonds. The zero-order valence-electron chi connectivity index (χ0n) is 15.1. The van der Waals surface area contributed by atoms with Gasteiger partial charge in [0.2, 0.25) is 5.91 Å². The van der Waals surface area contributed by atoms with Gasteiger partial charge in [0.1, 0.15) is 0 Å². The van der Waals surface area contributed by atoms with Crippen LogP contribution in [0.25, 0.3) is 0 Å². The number of hydrogen-bond acceptors (Lipinski definition) is 5. The van der Waals surface area contributed by atoms with E-state index in [4.69, 9.17) is 0 Å². The van der Waals surface area contributed by atoms with Crippen molar-refractivity contribution in [2.75, 3.05) is 23.7 Å². The molecule has 3 heterocycles. The highest BCUT2D eigenvalue weighted by molar-refractivity contribution is 5.94. The van der Waals surface area contributed by atoms with Gasteiger partial charge in [-0.05, 0) is 31.9 Å². The second-order valence-corrected chi connectivity index (χ2v) is 8.02. The Morgan fingerprint density at radius 1 is 1.38 bits per heavy atom. The highest BCUT2D eigenvalue weighted by atomic mass is 16.3. The highest BCUT2D eigenvalue weighted by Gasteiger charge is 2.46. The van der Waals surface area contributed by atoms with E-state index < -0.39 is 5.60 Å². The molecule has 2 atom stereocenters. The van der Waals surface area contributed by atoms with E-state index in [0.717, 1.165) is 19.5 Å². The van der Waals surface area contributed by atoms with Crippen LogP contribution in [0.3, 0.4) is 0 Å². The minimum Gasteiger partial charge on any atom is -0.389 e. The second-order valence-electron chi connectivity index (χ2n) is 8.02. The molecule has 2 aliphatic rings. The molecule has 1 spiro atoms. The molecule has 2 aliphatic heterocycles. The maximum atomic E-state index is 12.7. The van der Waals surface area contributed by atoms with Crippen molar-refractivity contribution in [1.29, 1.82) is 0 Å². The predicted molar refractivity (Wildman–Crippen MR) is 100 cm³/mol. The molecule has 4 rings (SSSR count). The van der Waals surface area contributed by atoms with Crippen molar-refractivity contribution in [1.82, 2.24) is 15.1 Å². The first-order chi connectivity index (χ1) is 12.3. The van der Waals surface area contributed by atoms with Crippen LogP contribution in [0.1, 0.15) is 25.8 Å². The SMILES string of the molecule is CC(C)(O)Cn1ccc(NC(=O)C2CC3(CNc4ccccc43)CN2)n1. The summed E-state index contributed by atoms with van der Waals surface area (Å²) in [5.74, 6) is 0.437. The summed E-state index contributed by atoms with van der Waals surface area (Å²) in [7, 11) is 0. The van der Waals surface area contributed by atoms with Crippen LogP contribution in [-0.2, 0) is 16.8 Å². The number of aliphatic hydroxyl groups is 1. The summed E-state index contributed by atoms with van der Waals surface area (Å²) >= 11 is 0. The molecule has 2 aromatic rings. The van der Waals surface area contributed by atoms with Crippen molar-refractivity contribution in [3.8, 4) is 0 Å². The van der Waals surface area contributed by atoms with Crippen LogP contribution in [0.15, 0.2) is 36.5 Å². The van der Waals surface area contributed by atoms with E-state index in [1.165, 1.54) is 11.3 Å². The Bertz CT molecular complexity index is 825. The molecule has 7 heteroatoms. The molecule has 26 heavy (non-hydrogen) atoms. The number of fused-ring (bicyclic) bond motifs is 2. The smallest absolute Gasteiger partial charge is 0.242 e. The maximum Gasteiger partial charge on any atom is 0.242 e. The predicted octanol–water partition coefficient (Wildman–Crippen LogP) is 1.32. The lowest BCUT2D eigenvalue weighted by Crippen LogP contribution is -2.35. The zero-order chi connectivity index (χ0) is 18.4. The second kappa shape index (κ2) is 6.10. The molecule has 1 fully saturated rings. The summed E-state index contributed by atoms with van der Waals surface area (Å²) < 4.78 is 1.64. The van der Waals surface area contributed by atoms with E-state index in [9.17, 15) is 9.90 Å². The van der Waals surface area contributed by atoms with Crippen molar-refractivity contribution in [3.05, 3.63) is 42.1 Å². The molecule has 138 valence electrons. The van der Waals surface area contributed by atoms with Crippen molar-refractivity contribution in [2.45, 2.75) is 43.9 Å². The van der Waals surface area contributed by atoms with Gasteiger partial charge in [0.05, 0.1) is 18.2 Å². The average Bonchev–Trinajstić information content (AvgIpc) is 3.28. The number of anilines is 2. The lowest BCUT2D eigenvalue weighted by molar-refractivity contribution is -0.117. The molecule has 2 unspecified atom stereocenters. The summed E-state index contributed by atoms with van der Waals surface area (Å²) in [4.78, 5) is 12.7. The Hall–Kier alpha value is -2.38. The van der Waals surface area contributed by atoms with Gasteiger partial charge in [0, 0.05) is 36.5 Å². The maximum absolute atomic E-state index is 12.7. The number of para-hydroxylation sites is 1. The third kappa shape index (κ3) is 3.20. The topological polar surface area (TPSA) is 91.2 Å². The number of nitrogens with one attached hydrogen (secondary N) is 3. The lowest BCUT2D eigenvalue weighted by atomic mass is 9.80. The minimum atomic E-state index is -0.852. The van der Waals surface area contributed by atoms with Crippen molar-refractivity contribution in [3.63, 3.8) is 0 Å². The first-order valence-electron chi connectivity index (χ1n) is 8.98. The van der Waals surface area contributed by atoms with Gasteiger partial charge >= 0.3 is 0 Å². The van der Waals surface area contributed by atoms with E-state index in [0.29, 0.717) is 12.4 Å². The molecule has 4 N–H and O–H groups in total. The highest BCUT2D eigenvalue weighted by Crippen LogP contribution is 2.42. The molecule has 0 saturated carbocycles. The van der Waals surface area contributed by atoms with Gasteiger partial charge < -0.3 is 21.1 Å². The fourth-order valence-corrected chi connectivity index (χ4v) is 3.96. The fraction of sp³-hybridized carbons (Fsp3) is 0.474. The summed E-state index contributed by atoms with van der Waals surface area (Å²) in [5, 5.41) is 23.9. The molecule has 1 saturated heterocycles. The van der Waals surface area contributed by atoms with E-state index >= 15 is 0 Å². The molecule has 0 aliphatic carbocycles. The fourth-order valence-electron chi connectivity index (χ4n) is 3.96. The average molecular weight is 355 g/mol. The first kappa shape index (κ1) is 17.1. The third-order valence-corrected chi connectivity index (χ3v) is 5.15. The number of nitrogens with zero attached hydrogens (tertiary/aromatic N) is 2. The van der Waals surface area contributed by atoms with Gasteiger partial charge in [-0.3, -0.25) is 9.48 Å². The molecule has 7 nitrogen and oxygen atoms in total. The summed E-state index contributed by atoms with van der Waals surface area (Å²) in [6.45, 7) is 5.45. The molecule has 1 aromatic carbocycles. The Balaban J connectivity index is 1.41. The van der Waals surface area contributed by atoms with E-state index in [2.05, 4.69) is 39.2 Å². The van der Waals surface area contributed by atoms with Gasteiger partial charge in [-0.2, -0.15) is 5.10 Å². The van der Waals surface area contributed by atoms with Crippen LogP contribution >= 0.6 is 0 Å². The van der Waals surface area contributed by atoms with E-state index in [1.54, 1.807) is 30.8 Å². The molecular formula is C19H25N5O2. The number of amides is 1. The van der Waals surface area contributed by atoms with Gasteiger partial charge in [-0.25, -0.2) is 0 Å². The minimum absolute atomic E-state index is 0.0289. The number of carbonyl (C=O) groups excluding carboxylic acids is 1. The molecule has 0 radical (unpaired) electrons. The summed E-state index contributed by atoms with van der Waals surface area (Å²) in [6, 6.07) is 9.82. The molecule has 0 bridgehead atoms. The van der Waals surface area contributed by atoms with Crippen molar-refractivity contribution in [2.24, 2.45) is 0 Å². The molecular weight excluding hydrogens is 330 g/mol. The zero-order valence-corrected chi connectivity index (χ0v) is 15.1. The number of hydrogen-bond donors (Lipinski definition) is 4.